The summed E-state index contributed by atoms with van der Waals surface area (Å²) >= 11 is 1.51. The van der Waals surface area contributed by atoms with Crippen molar-refractivity contribution in [1.29, 1.82) is 0 Å². The molecule has 0 aliphatic rings. The van der Waals surface area contributed by atoms with Crippen molar-refractivity contribution in [3.63, 3.8) is 0 Å². The first kappa shape index (κ1) is 20.0. The van der Waals surface area contributed by atoms with Crippen molar-refractivity contribution in [2.45, 2.75) is 32.1 Å². The minimum atomic E-state index is -0.182. The third kappa shape index (κ3) is 5.63. The Kier molecular flexibility index (Phi) is 7.27. The second-order valence-corrected chi connectivity index (χ2v) is 7.38. The molecule has 0 aliphatic carbocycles. The number of thioether (sulfide) groups is 1. The number of benzene rings is 2. The molecule has 0 fully saturated rings. The van der Waals surface area contributed by atoms with Crippen LogP contribution in [0.5, 0.6) is 0 Å². The molecular formula is C21H26N2O2S. The summed E-state index contributed by atoms with van der Waals surface area (Å²) in [5.41, 5.74) is 4.27. The van der Waals surface area contributed by atoms with Crippen molar-refractivity contribution in [2.75, 3.05) is 24.7 Å². The molecule has 2 rings (SSSR count). The molecule has 0 saturated heterocycles. The van der Waals surface area contributed by atoms with Gasteiger partial charge in [0.1, 0.15) is 0 Å². The average Bonchev–Trinajstić information content (AvgIpc) is 2.61. The summed E-state index contributed by atoms with van der Waals surface area (Å²) < 4.78 is 0. The number of anilines is 1. The van der Waals surface area contributed by atoms with Gasteiger partial charge >= 0.3 is 0 Å². The van der Waals surface area contributed by atoms with E-state index in [0.717, 1.165) is 22.6 Å². The maximum atomic E-state index is 12.3. The molecule has 138 valence electrons. The molecule has 0 aliphatic heterocycles. The van der Waals surface area contributed by atoms with Crippen molar-refractivity contribution in [3.8, 4) is 0 Å². The van der Waals surface area contributed by atoms with Gasteiger partial charge in [0, 0.05) is 17.6 Å². The van der Waals surface area contributed by atoms with Crippen LogP contribution in [0.4, 0.5) is 5.69 Å². The SMILES string of the molecule is CCc1ccccc1NC(=O)CN(C)C(=O)CSc1ccc(C)cc1C. The molecule has 4 nitrogen and oxygen atoms in total. The fourth-order valence-corrected chi connectivity index (χ4v) is 3.61. The van der Waals surface area contributed by atoms with Gasteiger partial charge in [-0.05, 0) is 43.5 Å². The highest BCUT2D eigenvalue weighted by Gasteiger charge is 2.14. The lowest BCUT2D eigenvalue weighted by molar-refractivity contribution is -0.131. The molecule has 0 heterocycles. The molecule has 0 unspecified atom stereocenters. The molecule has 0 aromatic heterocycles. The third-order valence-corrected chi connectivity index (χ3v) is 5.32. The van der Waals surface area contributed by atoms with Crippen LogP contribution < -0.4 is 5.32 Å². The number of hydrogen-bond acceptors (Lipinski definition) is 3. The lowest BCUT2D eigenvalue weighted by Crippen LogP contribution is -2.36. The van der Waals surface area contributed by atoms with Crippen LogP contribution >= 0.6 is 11.8 Å². The summed E-state index contributed by atoms with van der Waals surface area (Å²) in [5, 5.41) is 2.90. The first-order valence-electron chi connectivity index (χ1n) is 8.72. The second kappa shape index (κ2) is 9.43. The summed E-state index contributed by atoms with van der Waals surface area (Å²) in [4.78, 5) is 27.1. The zero-order chi connectivity index (χ0) is 19.1. The van der Waals surface area contributed by atoms with Crippen LogP contribution in [0, 0.1) is 13.8 Å². The predicted octanol–water partition coefficient (Wildman–Crippen LogP) is 4.06. The summed E-state index contributed by atoms with van der Waals surface area (Å²) in [6, 6.07) is 13.9. The number of likely N-dealkylation sites (N-methyl/N-ethyl adjacent to an activating group) is 1. The Bertz CT molecular complexity index is 789. The molecule has 2 amide bonds. The van der Waals surface area contributed by atoms with Crippen molar-refractivity contribution in [3.05, 3.63) is 59.2 Å². The zero-order valence-corrected chi connectivity index (χ0v) is 16.7. The maximum Gasteiger partial charge on any atom is 0.243 e. The Balaban J connectivity index is 1.87. The number of nitrogens with zero attached hydrogens (tertiary/aromatic N) is 1. The van der Waals surface area contributed by atoms with E-state index < -0.39 is 0 Å². The molecule has 26 heavy (non-hydrogen) atoms. The molecule has 5 heteroatoms. The highest BCUT2D eigenvalue weighted by atomic mass is 32.2. The smallest absolute Gasteiger partial charge is 0.243 e. The topological polar surface area (TPSA) is 49.4 Å². The highest BCUT2D eigenvalue weighted by molar-refractivity contribution is 8.00. The molecule has 2 aromatic rings. The number of rotatable bonds is 7. The minimum absolute atomic E-state index is 0.0460. The molecule has 0 radical (unpaired) electrons. The van der Waals surface area contributed by atoms with Gasteiger partial charge in [-0.2, -0.15) is 0 Å². The lowest BCUT2D eigenvalue weighted by Gasteiger charge is -2.18. The van der Waals surface area contributed by atoms with Gasteiger partial charge in [0.25, 0.3) is 0 Å². The van der Waals surface area contributed by atoms with Gasteiger partial charge < -0.3 is 10.2 Å². The van der Waals surface area contributed by atoms with E-state index in [1.54, 1.807) is 7.05 Å². The average molecular weight is 371 g/mol. The van der Waals surface area contributed by atoms with E-state index in [2.05, 4.69) is 18.3 Å². The summed E-state index contributed by atoms with van der Waals surface area (Å²) in [7, 11) is 1.66. The van der Waals surface area contributed by atoms with E-state index in [9.17, 15) is 9.59 Å². The monoisotopic (exact) mass is 370 g/mol. The zero-order valence-electron chi connectivity index (χ0n) is 15.8. The van der Waals surface area contributed by atoms with E-state index in [1.165, 1.54) is 27.8 Å². The van der Waals surface area contributed by atoms with Crippen molar-refractivity contribution < 1.29 is 9.59 Å². The lowest BCUT2D eigenvalue weighted by atomic mass is 10.1. The molecule has 0 spiro atoms. The predicted molar refractivity (Wildman–Crippen MR) is 109 cm³/mol. The van der Waals surface area contributed by atoms with Crippen LogP contribution in [0.15, 0.2) is 47.4 Å². The summed E-state index contributed by atoms with van der Waals surface area (Å²) in [6.45, 7) is 6.19. The van der Waals surface area contributed by atoms with Crippen molar-refractivity contribution >= 4 is 29.3 Å². The van der Waals surface area contributed by atoms with Crippen LogP contribution in [-0.2, 0) is 16.0 Å². The maximum absolute atomic E-state index is 12.3. The number of hydrogen-bond donors (Lipinski definition) is 1. The number of aryl methyl sites for hydroxylation is 3. The Morgan fingerprint density at radius 2 is 1.85 bits per heavy atom. The van der Waals surface area contributed by atoms with E-state index in [0.29, 0.717) is 5.75 Å². The fourth-order valence-electron chi connectivity index (χ4n) is 2.65. The molecule has 0 bridgehead atoms. The number of amides is 2. The number of nitrogens with one attached hydrogen (secondary N) is 1. The molecule has 2 aromatic carbocycles. The highest BCUT2D eigenvalue weighted by Crippen LogP contribution is 2.23. The number of carbonyl (C=O) groups is 2. The minimum Gasteiger partial charge on any atom is -0.336 e. The van der Waals surface area contributed by atoms with Crippen LogP contribution in [-0.4, -0.2) is 36.1 Å². The van der Waals surface area contributed by atoms with Crippen molar-refractivity contribution in [2.24, 2.45) is 0 Å². The second-order valence-electron chi connectivity index (χ2n) is 6.37. The van der Waals surface area contributed by atoms with E-state index >= 15 is 0 Å². The van der Waals surface area contributed by atoms with Gasteiger partial charge in [0.05, 0.1) is 12.3 Å². The first-order chi connectivity index (χ1) is 12.4. The number of carbonyl (C=O) groups excluding carboxylic acids is 2. The quantitative estimate of drug-likeness (QED) is 0.748. The normalized spacial score (nSPS) is 10.5. The first-order valence-corrected chi connectivity index (χ1v) is 9.71. The largest absolute Gasteiger partial charge is 0.336 e. The van der Waals surface area contributed by atoms with Crippen LogP contribution in [0.3, 0.4) is 0 Å². The molecule has 0 atom stereocenters. The van der Waals surface area contributed by atoms with Crippen LogP contribution in [0.25, 0.3) is 0 Å². The standard InChI is InChI=1S/C21H26N2O2S/c1-5-17-8-6-7-9-18(17)22-20(24)13-23(4)21(25)14-26-19-11-10-15(2)12-16(19)3/h6-12H,5,13-14H2,1-4H3,(H,22,24). The van der Waals surface area contributed by atoms with Crippen LogP contribution in [0.2, 0.25) is 0 Å². The summed E-state index contributed by atoms with van der Waals surface area (Å²) in [5.74, 6) is 0.0753. The Morgan fingerprint density at radius 1 is 1.12 bits per heavy atom. The summed E-state index contributed by atoms with van der Waals surface area (Å²) in [6.07, 6.45) is 0.845. The fraction of sp³-hybridized carbons (Fsp3) is 0.333. The van der Waals surface area contributed by atoms with E-state index in [1.807, 2.05) is 50.2 Å². The van der Waals surface area contributed by atoms with Gasteiger partial charge in [0.2, 0.25) is 11.8 Å². The van der Waals surface area contributed by atoms with Gasteiger partial charge in [-0.25, -0.2) is 0 Å². The Hall–Kier alpha value is -2.27. The van der Waals surface area contributed by atoms with Crippen molar-refractivity contribution in [1.82, 2.24) is 4.90 Å². The number of para-hydroxylation sites is 1. The Morgan fingerprint density at radius 3 is 2.54 bits per heavy atom. The van der Waals surface area contributed by atoms with Gasteiger partial charge in [-0.1, -0.05) is 42.8 Å². The van der Waals surface area contributed by atoms with Gasteiger partial charge in [0.15, 0.2) is 0 Å². The molecular weight excluding hydrogens is 344 g/mol. The van der Waals surface area contributed by atoms with Gasteiger partial charge in [-0.3, -0.25) is 9.59 Å². The molecule has 1 N–H and O–H groups in total. The van der Waals surface area contributed by atoms with E-state index in [-0.39, 0.29) is 18.4 Å². The van der Waals surface area contributed by atoms with Gasteiger partial charge in [-0.15, -0.1) is 11.8 Å². The third-order valence-electron chi connectivity index (χ3n) is 4.16. The van der Waals surface area contributed by atoms with Crippen LogP contribution in [0.1, 0.15) is 23.6 Å². The Labute approximate surface area is 160 Å². The molecule has 0 saturated carbocycles. The van der Waals surface area contributed by atoms with E-state index in [4.69, 9.17) is 0 Å².